The van der Waals surface area contributed by atoms with Crippen LogP contribution in [-0.4, -0.2) is 43.2 Å². The van der Waals surface area contributed by atoms with E-state index in [1.807, 2.05) is 0 Å². The first-order chi connectivity index (χ1) is 6.37. The van der Waals surface area contributed by atoms with E-state index in [1.165, 1.54) is 45.3 Å². The van der Waals surface area contributed by atoms with E-state index in [1.54, 1.807) is 0 Å². The van der Waals surface area contributed by atoms with Gasteiger partial charge in [0.25, 0.3) is 0 Å². The molecule has 0 bridgehead atoms. The van der Waals surface area contributed by atoms with E-state index in [0.717, 1.165) is 13.1 Å². The van der Waals surface area contributed by atoms with Gasteiger partial charge in [-0.3, -0.25) is 4.90 Å². The third kappa shape index (κ3) is 1.73. The van der Waals surface area contributed by atoms with E-state index < -0.39 is 0 Å². The first kappa shape index (κ1) is 9.44. The summed E-state index contributed by atoms with van der Waals surface area (Å²) in [5.74, 6) is 0. The van der Waals surface area contributed by atoms with Crippen molar-refractivity contribution < 1.29 is 0 Å². The summed E-state index contributed by atoms with van der Waals surface area (Å²) in [5.41, 5.74) is 6.24. The number of hydrogen-bond donors (Lipinski definition) is 2. The van der Waals surface area contributed by atoms with Crippen LogP contribution in [0.15, 0.2) is 0 Å². The van der Waals surface area contributed by atoms with Gasteiger partial charge in [0.2, 0.25) is 0 Å². The molecule has 2 aliphatic heterocycles. The summed E-state index contributed by atoms with van der Waals surface area (Å²) >= 11 is 0. The third-order valence-electron chi connectivity index (χ3n) is 3.61. The molecule has 3 N–H and O–H groups in total. The molecule has 0 spiro atoms. The minimum absolute atomic E-state index is 0.300. The molecule has 2 aliphatic rings. The number of piperidine rings is 1. The Morgan fingerprint density at radius 2 is 2.00 bits per heavy atom. The highest BCUT2D eigenvalue weighted by atomic mass is 15.2. The van der Waals surface area contributed by atoms with E-state index in [9.17, 15) is 0 Å². The maximum atomic E-state index is 5.94. The molecule has 0 aromatic heterocycles. The second-order valence-electron chi connectivity index (χ2n) is 4.40. The first-order valence-electron chi connectivity index (χ1n) is 5.53. The molecule has 0 aromatic rings. The molecule has 0 aliphatic carbocycles. The third-order valence-corrected chi connectivity index (χ3v) is 3.61. The summed E-state index contributed by atoms with van der Waals surface area (Å²) in [4.78, 5) is 2.61. The molecule has 2 saturated heterocycles. The van der Waals surface area contributed by atoms with Gasteiger partial charge in [0.15, 0.2) is 0 Å². The van der Waals surface area contributed by atoms with E-state index in [2.05, 4.69) is 10.2 Å². The lowest BCUT2D eigenvalue weighted by molar-refractivity contribution is 0.0934. The molecule has 3 heteroatoms. The van der Waals surface area contributed by atoms with Crippen LogP contribution in [0.2, 0.25) is 0 Å². The average molecular weight is 183 g/mol. The number of nitrogens with zero attached hydrogens (tertiary/aromatic N) is 1. The highest BCUT2D eigenvalue weighted by Gasteiger charge is 2.37. The molecule has 2 rings (SSSR count). The summed E-state index contributed by atoms with van der Waals surface area (Å²) in [7, 11) is 0. The molecule has 0 amide bonds. The lowest BCUT2D eigenvalue weighted by Gasteiger charge is -2.44. The molecule has 76 valence electrons. The van der Waals surface area contributed by atoms with Gasteiger partial charge in [-0.05, 0) is 45.3 Å². The zero-order valence-electron chi connectivity index (χ0n) is 8.39. The summed E-state index contributed by atoms with van der Waals surface area (Å²) in [6.07, 6.45) is 5.30. The smallest absolute Gasteiger partial charge is 0.0456 e. The molecule has 2 fully saturated rings. The highest BCUT2D eigenvalue weighted by molar-refractivity contribution is 4.97. The van der Waals surface area contributed by atoms with Gasteiger partial charge in [0, 0.05) is 18.6 Å². The van der Waals surface area contributed by atoms with E-state index in [-0.39, 0.29) is 0 Å². The molecule has 0 saturated carbocycles. The van der Waals surface area contributed by atoms with Crippen LogP contribution in [0.5, 0.6) is 0 Å². The lowest BCUT2D eigenvalue weighted by atomic mass is 9.88. The first-order valence-corrected chi connectivity index (χ1v) is 5.53. The Labute approximate surface area is 80.7 Å². The van der Waals surface area contributed by atoms with Gasteiger partial charge in [-0.2, -0.15) is 0 Å². The van der Waals surface area contributed by atoms with E-state index in [4.69, 9.17) is 5.73 Å². The Bertz CT molecular complexity index is 158. The standard InChI is InChI=1S/C10H21N3/c11-8-10(4-3-5-12-9-10)13-6-1-2-7-13/h12H,1-9,11H2. The van der Waals surface area contributed by atoms with Gasteiger partial charge in [-0.15, -0.1) is 0 Å². The fraction of sp³-hybridized carbons (Fsp3) is 1.00. The molecule has 3 nitrogen and oxygen atoms in total. The van der Waals surface area contributed by atoms with Crippen molar-refractivity contribution in [2.45, 2.75) is 31.2 Å². The zero-order valence-corrected chi connectivity index (χ0v) is 8.39. The molecule has 2 heterocycles. The molecule has 1 atom stereocenters. The van der Waals surface area contributed by atoms with Gasteiger partial charge < -0.3 is 11.1 Å². The SMILES string of the molecule is NCC1(N2CCCC2)CCCNC1. The molecular formula is C10H21N3. The predicted octanol–water partition coefficient (Wildman–Crippen LogP) is 0.163. The van der Waals surface area contributed by atoms with Crippen molar-refractivity contribution >= 4 is 0 Å². The summed E-state index contributed by atoms with van der Waals surface area (Å²) < 4.78 is 0. The van der Waals surface area contributed by atoms with Crippen molar-refractivity contribution in [3.63, 3.8) is 0 Å². The minimum atomic E-state index is 0.300. The number of nitrogens with two attached hydrogens (primary N) is 1. The van der Waals surface area contributed by atoms with Gasteiger partial charge in [-0.1, -0.05) is 0 Å². The van der Waals surface area contributed by atoms with E-state index >= 15 is 0 Å². The van der Waals surface area contributed by atoms with Crippen LogP contribution in [0.3, 0.4) is 0 Å². The van der Waals surface area contributed by atoms with Crippen LogP contribution in [0.1, 0.15) is 25.7 Å². The van der Waals surface area contributed by atoms with Crippen LogP contribution in [0, 0.1) is 0 Å². The number of hydrogen-bond acceptors (Lipinski definition) is 3. The van der Waals surface area contributed by atoms with Gasteiger partial charge in [0.05, 0.1) is 0 Å². The zero-order chi connectivity index (χ0) is 9.15. The van der Waals surface area contributed by atoms with Gasteiger partial charge in [0.1, 0.15) is 0 Å². The second-order valence-corrected chi connectivity index (χ2v) is 4.40. The Morgan fingerprint density at radius 1 is 1.23 bits per heavy atom. The molecule has 0 aromatic carbocycles. The van der Waals surface area contributed by atoms with Crippen molar-refractivity contribution in [2.24, 2.45) is 5.73 Å². The van der Waals surface area contributed by atoms with Crippen LogP contribution >= 0.6 is 0 Å². The summed E-state index contributed by atoms with van der Waals surface area (Å²) in [6, 6.07) is 0. The Balaban J connectivity index is 2.03. The second kappa shape index (κ2) is 3.95. The Kier molecular flexibility index (Phi) is 2.86. The molecule has 1 unspecified atom stereocenters. The largest absolute Gasteiger partial charge is 0.329 e. The van der Waals surface area contributed by atoms with Crippen LogP contribution in [0.4, 0.5) is 0 Å². The minimum Gasteiger partial charge on any atom is -0.329 e. The summed E-state index contributed by atoms with van der Waals surface area (Å²) in [5, 5.41) is 3.48. The Hall–Kier alpha value is -0.120. The van der Waals surface area contributed by atoms with Crippen LogP contribution < -0.4 is 11.1 Å². The highest BCUT2D eigenvalue weighted by Crippen LogP contribution is 2.26. The fourth-order valence-corrected chi connectivity index (χ4v) is 2.72. The Morgan fingerprint density at radius 3 is 2.54 bits per heavy atom. The van der Waals surface area contributed by atoms with Crippen molar-refractivity contribution in [3.05, 3.63) is 0 Å². The van der Waals surface area contributed by atoms with Crippen molar-refractivity contribution in [1.29, 1.82) is 0 Å². The number of nitrogens with one attached hydrogen (secondary N) is 1. The van der Waals surface area contributed by atoms with Crippen molar-refractivity contribution in [1.82, 2.24) is 10.2 Å². The monoisotopic (exact) mass is 183 g/mol. The molecule has 0 radical (unpaired) electrons. The summed E-state index contributed by atoms with van der Waals surface area (Å²) in [6.45, 7) is 5.62. The number of rotatable bonds is 2. The van der Waals surface area contributed by atoms with Crippen LogP contribution in [0.25, 0.3) is 0 Å². The average Bonchev–Trinajstić information content (AvgIpc) is 2.72. The van der Waals surface area contributed by atoms with E-state index in [0.29, 0.717) is 5.54 Å². The maximum Gasteiger partial charge on any atom is 0.0456 e. The van der Waals surface area contributed by atoms with Crippen molar-refractivity contribution in [3.8, 4) is 0 Å². The van der Waals surface area contributed by atoms with Crippen LogP contribution in [-0.2, 0) is 0 Å². The van der Waals surface area contributed by atoms with Gasteiger partial charge >= 0.3 is 0 Å². The normalized spacial score (nSPS) is 36.7. The van der Waals surface area contributed by atoms with Gasteiger partial charge in [-0.25, -0.2) is 0 Å². The molecular weight excluding hydrogens is 162 g/mol. The maximum absolute atomic E-state index is 5.94. The fourth-order valence-electron chi connectivity index (χ4n) is 2.72. The number of likely N-dealkylation sites (tertiary alicyclic amines) is 1. The lowest BCUT2D eigenvalue weighted by Crippen LogP contribution is -2.60. The molecule has 13 heavy (non-hydrogen) atoms. The topological polar surface area (TPSA) is 41.3 Å². The van der Waals surface area contributed by atoms with Crippen molar-refractivity contribution in [2.75, 3.05) is 32.7 Å². The quantitative estimate of drug-likeness (QED) is 0.641. The predicted molar refractivity (Wildman–Crippen MR) is 54.7 cm³/mol.